The van der Waals surface area contributed by atoms with Gasteiger partial charge in [-0.05, 0) is 31.2 Å². The summed E-state index contributed by atoms with van der Waals surface area (Å²) in [5.74, 6) is -0.0130. The van der Waals surface area contributed by atoms with Crippen molar-refractivity contribution in [3.05, 3.63) is 35.7 Å². The highest BCUT2D eigenvalue weighted by Crippen LogP contribution is 2.29. The number of anilines is 1. The summed E-state index contributed by atoms with van der Waals surface area (Å²) in [6, 6.07) is 6.93. The number of hydrogen-bond donors (Lipinski definition) is 1. The van der Waals surface area contributed by atoms with Crippen LogP contribution in [-0.4, -0.2) is 25.6 Å². The summed E-state index contributed by atoms with van der Waals surface area (Å²) < 4.78 is 9.95. The summed E-state index contributed by atoms with van der Waals surface area (Å²) in [4.78, 5) is 24.8. The summed E-state index contributed by atoms with van der Waals surface area (Å²) in [5.41, 5.74) is 6.65. The smallest absolute Gasteiger partial charge is 0.337 e. The van der Waals surface area contributed by atoms with Crippen LogP contribution >= 0.6 is 0 Å². The highest BCUT2D eigenvalue weighted by Gasteiger charge is 2.33. The molecule has 6 nitrogen and oxygen atoms in total. The molecule has 0 aliphatic carbocycles. The molecule has 1 aromatic carbocycles. The lowest BCUT2D eigenvalue weighted by atomic mass is 10.2. The van der Waals surface area contributed by atoms with Crippen LogP contribution in [-0.2, 0) is 14.3 Å². The van der Waals surface area contributed by atoms with Gasteiger partial charge in [0.05, 0.1) is 31.4 Å². The lowest BCUT2D eigenvalue weighted by Crippen LogP contribution is -2.28. The van der Waals surface area contributed by atoms with Crippen LogP contribution in [0, 0.1) is 0 Å². The Morgan fingerprint density at radius 2 is 2.00 bits per heavy atom. The molecule has 1 aromatic rings. The lowest BCUT2D eigenvalue weighted by molar-refractivity contribution is -0.136. The third kappa shape index (κ3) is 2.45. The summed E-state index contributed by atoms with van der Waals surface area (Å²) >= 11 is 0. The molecule has 6 heteroatoms. The van der Waals surface area contributed by atoms with E-state index in [0.29, 0.717) is 18.0 Å². The highest BCUT2D eigenvalue weighted by atomic mass is 16.5. The molecule has 0 unspecified atom stereocenters. The van der Waals surface area contributed by atoms with Crippen molar-refractivity contribution in [2.24, 2.45) is 5.73 Å². The molecule has 0 aromatic heterocycles. The molecular formula is C14H16N2O4. The molecule has 0 saturated heterocycles. The van der Waals surface area contributed by atoms with Gasteiger partial charge in [-0.1, -0.05) is 0 Å². The fraction of sp³-hybridized carbons (Fsp3) is 0.286. The lowest BCUT2D eigenvalue weighted by Gasteiger charge is -2.17. The van der Waals surface area contributed by atoms with E-state index in [9.17, 15) is 9.59 Å². The molecule has 0 saturated carbocycles. The molecule has 0 bridgehead atoms. The molecule has 2 rings (SSSR count). The predicted octanol–water partition coefficient (Wildman–Crippen LogP) is 1.17. The molecule has 106 valence electrons. The number of benzene rings is 1. The standard InChI is InChI=1S/C14H16N2O4/c1-3-20-10-6-4-9(5-7-10)16-12(17)8-11(13(16)15)14(18)19-2/h4-7H,3,8,15H2,1-2H3. The maximum absolute atomic E-state index is 12.0. The first-order chi connectivity index (χ1) is 9.58. The van der Waals surface area contributed by atoms with E-state index in [2.05, 4.69) is 4.74 Å². The molecular weight excluding hydrogens is 260 g/mol. The molecule has 0 radical (unpaired) electrons. The summed E-state index contributed by atoms with van der Waals surface area (Å²) in [6.07, 6.45) is -0.0499. The van der Waals surface area contributed by atoms with E-state index in [4.69, 9.17) is 10.5 Å². The van der Waals surface area contributed by atoms with Crippen molar-refractivity contribution >= 4 is 17.6 Å². The second kappa shape index (κ2) is 5.64. The Hall–Kier alpha value is -2.50. The average Bonchev–Trinajstić information content (AvgIpc) is 2.75. The second-order valence-electron chi connectivity index (χ2n) is 4.19. The minimum absolute atomic E-state index is 0.0499. The van der Waals surface area contributed by atoms with Gasteiger partial charge in [-0.3, -0.25) is 9.69 Å². The van der Waals surface area contributed by atoms with Crippen molar-refractivity contribution < 1.29 is 19.1 Å². The van der Waals surface area contributed by atoms with Crippen LogP contribution in [0.1, 0.15) is 13.3 Å². The SMILES string of the molecule is CCOc1ccc(N2C(=O)CC(C(=O)OC)=C2N)cc1. The zero-order chi connectivity index (χ0) is 14.7. The van der Waals surface area contributed by atoms with Gasteiger partial charge in [0.1, 0.15) is 11.6 Å². The minimum Gasteiger partial charge on any atom is -0.494 e. The van der Waals surface area contributed by atoms with Gasteiger partial charge in [-0.2, -0.15) is 0 Å². The van der Waals surface area contributed by atoms with E-state index in [-0.39, 0.29) is 23.7 Å². The van der Waals surface area contributed by atoms with Gasteiger partial charge in [0.15, 0.2) is 0 Å². The summed E-state index contributed by atoms with van der Waals surface area (Å²) in [7, 11) is 1.26. The predicted molar refractivity (Wildman–Crippen MR) is 72.9 cm³/mol. The molecule has 2 N–H and O–H groups in total. The van der Waals surface area contributed by atoms with Gasteiger partial charge in [0.25, 0.3) is 0 Å². The zero-order valence-electron chi connectivity index (χ0n) is 11.4. The van der Waals surface area contributed by atoms with Crippen LogP contribution in [0.15, 0.2) is 35.7 Å². The number of carbonyl (C=O) groups excluding carboxylic acids is 2. The number of ether oxygens (including phenoxy) is 2. The molecule has 1 heterocycles. The van der Waals surface area contributed by atoms with Crippen molar-refractivity contribution in [1.29, 1.82) is 0 Å². The van der Waals surface area contributed by atoms with Crippen LogP contribution in [0.5, 0.6) is 5.75 Å². The molecule has 20 heavy (non-hydrogen) atoms. The first-order valence-corrected chi connectivity index (χ1v) is 6.21. The highest BCUT2D eigenvalue weighted by molar-refractivity contribution is 6.09. The quantitative estimate of drug-likeness (QED) is 0.835. The van der Waals surface area contributed by atoms with Gasteiger partial charge >= 0.3 is 5.97 Å². The van der Waals surface area contributed by atoms with Crippen molar-refractivity contribution in [2.75, 3.05) is 18.6 Å². The zero-order valence-corrected chi connectivity index (χ0v) is 11.4. The van der Waals surface area contributed by atoms with E-state index in [0.717, 1.165) is 0 Å². The van der Waals surface area contributed by atoms with Crippen LogP contribution < -0.4 is 15.4 Å². The normalized spacial score (nSPS) is 14.7. The third-order valence-electron chi connectivity index (χ3n) is 2.97. The fourth-order valence-corrected chi connectivity index (χ4v) is 2.03. The Labute approximate surface area is 116 Å². The van der Waals surface area contributed by atoms with E-state index in [1.165, 1.54) is 12.0 Å². The van der Waals surface area contributed by atoms with Gasteiger partial charge in [-0.15, -0.1) is 0 Å². The van der Waals surface area contributed by atoms with Crippen molar-refractivity contribution in [2.45, 2.75) is 13.3 Å². The van der Waals surface area contributed by atoms with Crippen LogP contribution in [0.3, 0.4) is 0 Å². The number of rotatable bonds is 4. The number of hydrogen-bond acceptors (Lipinski definition) is 5. The molecule has 1 amide bonds. The maximum Gasteiger partial charge on any atom is 0.337 e. The summed E-state index contributed by atoms with van der Waals surface area (Å²) in [5, 5.41) is 0. The first-order valence-electron chi connectivity index (χ1n) is 6.21. The topological polar surface area (TPSA) is 81.9 Å². The summed E-state index contributed by atoms with van der Waals surface area (Å²) in [6.45, 7) is 2.46. The fourth-order valence-electron chi connectivity index (χ4n) is 2.03. The number of methoxy groups -OCH3 is 1. The van der Waals surface area contributed by atoms with Crippen LogP contribution in [0.25, 0.3) is 0 Å². The molecule has 0 atom stereocenters. The number of nitrogens with zero attached hydrogens (tertiary/aromatic N) is 1. The van der Waals surface area contributed by atoms with Gasteiger partial charge in [0.2, 0.25) is 5.91 Å². The molecule has 1 aliphatic rings. The first kappa shape index (κ1) is 13.9. The monoisotopic (exact) mass is 276 g/mol. The maximum atomic E-state index is 12.0. The number of esters is 1. The number of nitrogens with two attached hydrogens (primary N) is 1. The molecule has 1 aliphatic heterocycles. The Morgan fingerprint density at radius 1 is 1.35 bits per heavy atom. The average molecular weight is 276 g/mol. The Bertz CT molecular complexity index is 563. The second-order valence-corrected chi connectivity index (χ2v) is 4.19. The van der Waals surface area contributed by atoms with Gasteiger partial charge < -0.3 is 15.2 Å². The Kier molecular flexibility index (Phi) is 3.93. The number of carbonyl (C=O) groups is 2. The van der Waals surface area contributed by atoms with Crippen LogP contribution in [0.4, 0.5) is 5.69 Å². The molecule has 0 fully saturated rings. The van der Waals surface area contributed by atoms with E-state index in [1.807, 2.05) is 6.92 Å². The Balaban J connectivity index is 2.29. The molecule has 0 spiro atoms. The van der Waals surface area contributed by atoms with E-state index < -0.39 is 5.97 Å². The van der Waals surface area contributed by atoms with Crippen molar-refractivity contribution in [3.8, 4) is 5.75 Å². The van der Waals surface area contributed by atoms with E-state index in [1.54, 1.807) is 24.3 Å². The van der Waals surface area contributed by atoms with Gasteiger partial charge in [-0.25, -0.2) is 4.79 Å². The third-order valence-corrected chi connectivity index (χ3v) is 2.97. The Morgan fingerprint density at radius 3 is 2.55 bits per heavy atom. The number of amides is 1. The minimum atomic E-state index is -0.579. The largest absolute Gasteiger partial charge is 0.494 e. The van der Waals surface area contributed by atoms with Crippen LogP contribution in [0.2, 0.25) is 0 Å². The van der Waals surface area contributed by atoms with Gasteiger partial charge in [0, 0.05) is 0 Å². The van der Waals surface area contributed by atoms with E-state index >= 15 is 0 Å². The van der Waals surface area contributed by atoms with Crippen molar-refractivity contribution in [1.82, 2.24) is 0 Å². The van der Waals surface area contributed by atoms with Crippen molar-refractivity contribution in [3.63, 3.8) is 0 Å².